The molecule has 4 aromatic rings. The highest BCUT2D eigenvalue weighted by Crippen LogP contribution is 2.26. The van der Waals surface area contributed by atoms with Crippen LogP contribution < -0.4 is 16.0 Å². The fraction of sp³-hybridized carbons (Fsp3) is 0.103. The zero-order valence-electron chi connectivity index (χ0n) is 20.2. The van der Waals surface area contributed by atoms with Gasteiger partial charge in [0.25, 0.3) is 0 Å². The number of hydrogen-bond acceptors (Lipinski definition) is 6. The Morgan fingerprint density at radius 1 is 1.11 bits per heavy atom. The molecule has 0 radical (unpaired) electrons. The van der Waals surface area contributed by atoms with Crippen LogP contribution in [0.25, 0.3) is 10.9 Å². The van der Waals surface area contributed by atoms with Crippen LogP contribution in [0.1, 0.15) is 23.6 Å². The Kier molecular flexibility index (Phi) is 8.19. The predicted octanol–water partition coefficient (Wildman–Crippen LogP) is 5.17. The summed E-state index contributed by atoms with van der Waals surface area (Å²) in [7, 11) is 0. The van der Waals surface area contributed by atoms with Crippen LogP contribution in [0, 0.1) is 23.1 Å². The van der Waals surface area contributed by atoms with Gasteiger partial charge in [0.2, 0.25) is 5.91 Å². The normalized spacial score (nSPS) is 10.5. The standard InChI is InChI=1S/C29H25FN6O/c1-2-5-28(37)32-13-4-7-20-9-11-27-25(15-20)29(35-19-34-27)36-24-10-12-26(22(16-24)17-31)33-18-21-6-3-8-23(30)14-21/h2-3,5-6,8-12,14-17,19,31,33H,13,18H2,1H3,(H,32,37)(H,34,35,36)/b5-2+,31-17?. The van der Waals surface area contributed by atoms with Crippen molar-refractivity contribution >= 4 is 40.2 Å². The number of rotatable bonds is 8. The summed E-state index contributed by atoms with van der Waals surface area (Å²) in [6.45, 7) is 2.45. The second-order valence-corrected chi connectivity index (χ2v) is 8.03. The number of allylic oxidation sites excluding steroid dienone is 1. The molecule has 37 heavy (non-hydrogen) atoms. The smallest absolute Gasteiger partial charge is 0.244 e. The van der Waals surface area contributed by atoms with Crippen molar-refractivity contribution in [1.29, 1.82) is 5.41 Å². The van der Waals surface area contributed by atoms with Crippen molar-refractivity contribution in [2.75, 3.05) is 17.2 Å². The Bertz CT molecular complexity index is 1540. The number of nitrogens with zero attached hydrogens (tertiary/aromatic N) is 2. The van der Waals surface area contributed by atoms with Crippen LogP contribution in [0.3, 0.4) is 0 Å². The van der Waals surface area contributed by atoms with Crippen molar-refractivity contribution in [3.05, 3.63) is 102 Å². The molecule has 7 nitrogen and oxygen atoms in total. The van der Waals surface area contributed by atoms with Crippen molar-refractivity contribution in [2.24, 2.45) is 0 Å². The highest BCUT2D eigenvalue weighted by molar-refractivity contribution is 5.93. The van der Waals surface area contributed by atoms with Gasteiger partial charge in [-0.2, -0.15) is 0 Å². The third-order valence-electron chi connectivity index (χ3n) is 5.38. The summed E-state index contributed by atoms with van der Waals surface area (Å²) in [6.07, 6.45) is 5.87. The molecule has 184 valence electrons. The lowest BCUT2D eigenvalue weighted by molar-refractivity contribution is -0.116. The molecule has 4 N–H and O–H groups in total. The van der Waals surface area contributed by atoms with Crippen LogP contribution in [0.15, 0.2) is 79.1 Å². The second kappa shape index (κ2) is 12.1. The summed E-state index contributed by atoms with van der Waals surface area (Å²) in [5.74, 6) is 6.13. The van der Waals surface area contributed by atoms with E-state index in [2.05, 4.69) is 37.8 Å². The summed E-state index contributed by atoms with van der Waals surface area (Å²) < 4.78 is 13.5. The lowest BCUT2D eigenvalue weighted by Crippen LogP contribution is -2.20. The molecule has 1 aromatic heterocycles. The Labute approximate surface area is 214 Å². The van der Waals surface area contributed by atoms with Gasteiger partial charge >= 0.3 is 0 Å². The topological polar surface area (TPSA) is 103 Å². The molecule has 0 unspecified atom stereocenters. The van der Waals surface area contributed by atoms with Crippen molar-refractivity contribution in [1.82, 2.24) is 15.3 Å². The number of benzene rings is 3. The maximum Gasteiger partial charge on any atom is 0.244 e. The maximum absolute atomic E-state index is 13.5. The van der Waals surface area contributed by atoms with Crippen LogP contribution in [0.5, 0.6) is 0 Å². The van der Waals surface area contributed by atoms with E-state index in [9.17, 15) is 9.18 Å². The van der Waals surface area contributed by atoms with Crippen molar-refractivity contribution < 1.29 is 9.18 Å². The monoisotopic (exact) mass is 492 g/mol. The minimum Gasteiger partial charge on any atom is -0.380 e. The van der Waals surface area contributed by atoms with Crippen LogP contribution in [0.2, 0.25) is 0 Å². The van der Waals surface area contributed by atoms with E-state index in [-0.39, 0.29) is 18.3 Å². The second-order valence-electron chi connectivity index (χ2n) is 8.03. The molecule has 0 fully saturated rings. The number of amides is 1. The van der Waals surface area contributed by atoms with E-state index in [0.717, 1.165) is 33.4 Å². The molecule has 1 amide bonds. The first-order valence-corrected chi connectivity index (χ1v) is 11.6. The SMILES string of the molecule is C/C=C/C(=O)NCC#Cc1ccc2ncnc(Nc3ccc(NCc4cccc(F)c4)c(C=N)c3)c2c1. The third-order valence-corrected chi connectivity index (χ3v) is 5.38. The first-order valence-electron chi connectivity index (χ1n) is 11.6. The number of halogens is 1. The minimum absolute atomic E-state index is 0.185. The molecule has 0 aliphatic carbocycles. The number of carbonyl (C=O) groups excluding carboxylic acids is 1. The van der Waals surface area contributed by atoms with Gasteiger partial charge in [-0.25, -0.2) is 14.4 Å². The maximum atomic E-state index is 13.5. The fourth-order valence-corrected chi connectivity index (χ4v) is 3.62. The molecule has 1 heterocycles. The van der Waals surface area contributed by atoms with Gasteiger partial charge in [0, 0.05) is 40.6 Å². The van der Waals surface area contributed by atoms with E-state index in [0.29, 0.717) is 17.9 Å². The molecule has 0 spiro atoms. The van der Waals surface area contributed by atoms with E-state index in [1.54, 1.807) is 19.1 Å². The van der Waals surface area contributed by atoms with Crippen molar-refractivity contribution in [2.45, 2.75) is 13.5 Å². The zero-order valence-corrected chi connectivity index (χ0v) is 20.2. The summed E-state index contributed by atoms with van der Waals surface area (Å²) in [6, 6.07) is 17.6. The lowest BCUT2D eigenvalue weighted by atomic mass is 10.1. The summed E-state index contributed by atoms with van der Waals surface area (Å²) in [5, 5.41) is 17.9. The summed E-state index contributed by atoms with van der Waals surface area (Å²) >= 11 is 0. The summed E-state index contributed by atoms with van der Waals surface area (Å²) in [5.41, 5.74) is 4.51. The first kappa shape index (κ1) is 25.1. The quantitative estimate of drug-likeness (QED) is 0.154. The van der Waals surface area contributed by atoms with Gasteiger partial charge in [-0.3, -0.25) is 4.79 Å². The van der Waals surface area contributed by atoms with Gasteiger partial charge in [0.1, 0.15) is 18.0 Å². The van der Waals surface area contributed by atoms with Crippen LogP contribution in [-0.4, -0.2) is 28.6 Å². The van der Waals surface area contributed by atoms with Crippen LogP contribution in [0.4, 0.5) is 21.6 Å². The Morgan fingerprint density at radius 3 is 2.81 bits per heavy atom. The summed E-state index contributed by atoms with van der Waals surface area (Å²) in [4.78, 5) is 20.2. The molecule has 0 saturated heterocycles. The first-order chi connectivity index (χ1) is 18.1. The van der Waals surface area contributed by atoms with E-state index in [1.807, 2.05) is 42.5 Å². The van der Waals surface area contributed by atoms with E-state index in [1.165, 1.54) is 30.8 Å². The van der Waals surface area contributed by atoms with Gasteiger partial charge < -0.3 is 21.4 Å². The van der Waals surface area contributed by atoms with Gasteiger partial charge in [-0.1, -0.05) is 30.0 Å². The number of fused-ring (bicyclic) bond motifs is 1. The number of aromatic nitrogens is 2. The van der Waals surface area contributed by atoms with Gasteiger partial charge in [-0.05, 0) is 67.1 Å². The van der Waals surface area contributed by atoms with Gasteiger partial charge in [-0.15, -0.1) is 0 Å². The molecule has 0 bridgehead atoms. The molecular weight excluding hydrogens is 467 g/mol. The molecule has 4 rings (SSSR count). The van der Waals surface area contributed by atoms with Crippen LogP contribution in [-0.2, 0) is 11.3 Å². The highest BCUT2D eigenvalue weighted by Gasteiger charge is 2.08. The van der Waals surface area contributed by atoms with Gasteiger partial charge in [0.05, 0.1) is 12.1 Å². The predicted molar refractivity (Wildman–Crippen MR) is 146 cm³/mol. The van der Waals surface area contributed by atoms with E-state index in [4.69, 9.17) is 5.41 Å². The molecule has 3 aromatic carbocycles. The number of nitrogens with one attached hydrogen (secondary N) is 4. The highest BCUT2D eigenvalue weighted by atomic mass is 19.1. The van der Waals surface area contributed by atoms with Crippen molar-refractivity contribution in [3.63, 3.8) is 0 Å². The number of carbonyl (C=O) groups is 1. The van der Waals surface area contributed by atoms with E-state index < -0.39 is 0 Å². The van der Waals surface area contributed by atoms with Crippen LogP contribution >= 0.6 is 0 Å². The Balaban J connectivity index is 1.51. The zero-order chi connectivity index (χ0) is 26.0. The number of hydrogen-bond donors (Lipinski definition) is 4. The molecule has 0 saturated carbocycles. The minimum atomic E-state index is -0.284. The molecule has 0 atom stereocenters. The molecule has 0 aliphatic heterocycles. The molecule has 0 aliphatic rings. The fourth-order valence-electron chi connectivity index (χ4n) is 3.62. The third kappa shape index (κ3) is 6.77. The Morgan fingerprint density at radius 2 is 2.00 bits per heavy atom. The average molecular weight is 493 g/mol. The van der Waals surface area contributed by atoms with Crippen molar-refractivity contribution in [3.8, 4) is 11.8 Å². The molecule has 8 heteroatoms. The number of anilines is 3. The largest absolute Gasteiger partial charge is 0.380 e. The van der Waals surface area contributed by atoms with E-state index >= 15 is 0 Å². The average Bonchev–Trinajstić information content (AvgIpc) is 2.91. The van der Waals surface area contributed by atoms with Gasteiger partial charge in [0.15, 0.2) is 0 Å². The molecular formula is C29H25FN6O. The Hall–Kier alpha value is -5.03. The lowest BCUT2D eigenvalue weighted by Gasteiger charge is -2.13.